The van der Waals surface area contributed by atoms with Crippen molar-refractivity contribution in [2.75, 3.05) is 16.8 Å². The second-order valence-electron chi connectivity index (χ2n) is 4.04. The number of carbonyl (C=O) groups is 3. The maximum atomic E-state index is 13.3. The quantitative estimate of drug-likeness (QED) is 0.468. The molecule has 0 spiro atoms. The SMILES string of the molecule is O=CNC(CCSCC(=O)Nc1ccccc1F)C(=O)O. The molecule has 114 valence electrons. The van der Waals surface area contributed by atoms with Gasteiger partial charge in [0, 0.05) is 0 Å². The van der Waals surface area contributed by atoms with Crippen LogP contribution in [0.25, 0.3) is 0 Å². The lowest BCUT2D eigenvalue weighted by molar-refractivity contribution is -0.140. The van der Waals surface area contributed by atoms with Gasteiger partial charge in [0.1, 0.15) is 11.9 Å². The van der Waals surface area contributed by atoms with Crippen molar-refractivity contribution in [2.24, 2.45) is 0 Å². The van der Waals surface area contributed by atoms with E-state index in [1.807, 2.05) is 0 Å². The van der Waals surface area contributed by atoms with Gasteiger partial charge in [-0.1, -0.05) is 12.1 Å². The van der Waals surface area contributed by atoms with Crippen molar-refractivity contribution in [1.29, 1.82) is 0 Å². The van der Waals surface area contributed by atoms with E-state index in [1.54, 1.807) is 6.07 Å². The molecule has 0 aliphatic carbocycles. The molecule has 2 amide bonds. The van der Waals surface area contributed by atoms with Crippen LogP contribution in [-0.2, 0) is 14.4 Å². The minimum absolute atomic E-state index is 0.0712. The van der Waals surface area contributed by atoms with E-state index in [0.717, 1.165) is 0 Å². The smallest absolute Gasteiger partial charge is 0.326 e. The van der Waals surface area contributed by atoms with Gasteiger partial charge in [-0.3, -0.25) is 9.59 Å². The largest absolute Gasteiger partial charge is 0.480 e. The van der Waals surface area contributed by atoms with Gasteiger partial charge in [0.05, 0.1) is 11.4 Å². The van der Waals surface area contributed by atoms with Crippen LogP contribution in [0.15, 0.2) is 24.3 Å². The summed E-state index contributed by atoms with van der Waals surface area (Å²) in [6.07, 6.45) is 0.528. The number of para-hydroxylation sites is 1. The standard InChI is InChI=1S/C13H15FN2O4S/c14-9-3-1-2-4-10(9)16-12(18)7-21-6-5-11(13(19)20)15-8-17/h1-4,8,11H,5-7H2,(H,15,17)(H,16,18)(H,19,20). The monoisotopic (exact) mass is 314 g/mol. The molecule has 1 rings (SSSR count). The molecule has 1 aromatic carbocycles. The first-order valence-corrected chi connectivity index (χ1v) is 7.24. The molecular formula is C13H15FN2O4S. The van der Waals surface area contributed by atoms with E-state index in [4.69, 9.17) is 5.11 Å². The molecule has 1 atom stereocenters. The average molecular weight is 314 g/mol. The molecule has 3 N–H and O–H groups in total. The predicted molar refractivity (Wildman–Crippen MR) is 77.6 cm³/mol. The summed E-state index contributed by atoms with van der Waals surface area (Å²) in [5.41, 5.74) is 0.106. The Bertz CT molecular complexity index is 513. The minimum atomic E-state index is -1.13. The van der Waals surface area contributed by atoms with Gasteiger partial charge in [0.25, 0.3) is 0 Å². The number of nitrogens with one attached hydrogen (secondary N) is 2. The van der Waals surface area contributed by atoms with E-state index in [2.05, 4.69) is 10.6 Å². The first-order valence-electron chi connectivity index (χ1n) is 6.09. The Balaban J connectivity index is 2.29. The molecule has 0 saturated heterocycles. The number of hydrogen-bond donors (Lipinski definition) is 3. The van der Waals surface area contributed by atoms with E-state index in [1.165, 1.54) is 30.0 Å². The Morgan fingerprint density at radius 2 is 2.10 bits per heavy atom. The summed E-state index contributed by atoms with van der Waals surface area (Å²) in [6.45, 7) is 0. The fourth-order valence-corrected chi connectivity index (χ4v) is 2.28. The summed E-state index contributed by atoms with van der Waals surface area (Å²) >= 11 is 1.20. The van der Waals surface area contributed by atoms with Gasteiger partial charge >= 0.3 is 5.97 Å². The number of benzene rings is 1. The first-order chi connectivity index (χ1) is 10.0. The maximum Gasteiger partial charge on any atom is 0.326 e. The highest BCUT2D eigenvalue weighted by Gasteiger charge is 2.15. The minimum Gasteiger partial charge on any atom is -0.480 e. The first kappa shape index (κ1) is 17.0. The molecule has 0 aliphatic heterocycles. The normalized spacial score (nSPS) is 11.5. The number of carbonyl (C=O) groups excluding carboxylic acids is 2. The van der Waals surface area contributed by atoms with Gasteiger partial charge < -0.3 is 15.7 Å². The zero-order valence-electron chi connectivity index (χ0n) is 11.0. The Morgan fingerprint density at radius 1 is 1.38 bits per heavy atom. The Hall–Kier alpha value is -2.09. The lowest BCUT2D eigenvalue weighted by atomic mass is 10.2. The molecule has 0 aromatic heterocycles. The van der Waals surface area contributed by atoms with E-state index in [9.17, 15) is 18.8 Å². The lowest BCUT2D eigenvalue weighted by Gasteiger charge is -2.10. The molecule has 0 heterocycles. The van der Waals surface area contributed by atoms with E-state index >= 15 is 0 Å². The van der Waals surface area contributed by atoms with Crippen molar-refractivity contribution in [3.63, 3.8) is 0 Å². The molecule has 0 aliphatic rings. The molecule has 0 radical (unpaired) electrons. The summed E-state index contributed by atoms with van der Waals surface area (Å²) in [5, 5.41) is 13.4. The number of amides is 2. The fraction of sp³-hybridized carbons (Fsp3) is 0.308. The Morgan fingerprint density at radius 3 is 2.71 bits per heavy atom. The zero-order valence-corrected chi connectivity index (χ0v) is 11.9. The third-order valence-electron chi connectivity index (χ3n) is 2.50. The van der Waals surface area contributed by atoms with Crippen molar-refractivity contribution in [3.8, 4) is 0 Å². The van der Waals surface area contributed by atoms with Crippen LogP contribution < -0.4 is 10.6 Å². The van der Waals surface area contributed by atoms with Crippen LogP contribution in [0.3, 0.4) is 0 Å². The summed E-state index contributed by atoms with van der Waals surface area (Å²) in [6, 6.07) is 4.85. The Kier molecular flexibility index (Phi) is 7.24. The molecule has 1 aromatic rings. The number of rotatable bonds is 9. The molecule has 6 nitrogen and oxygen atoms in total. The third kappa shape index (κ3) is 6.26. The second kappa shape index (κ2) is 8.96. The van der Waals surface area contributed by atoms with Crippen molar-refractivity contribution < 1.29 is 23.9 Å². The van der Waals surface area contributed by atoms with Gasteiger partial charge in [-0.15, -0.1) is 0 Å². The van der Waals surface area contributed by atoms with Gasteiger partial charge in [-0.2, -0.15) is 11.8 Å². The highest BCUT2D eigenvalue weighted by molar-refractivity contribution is 7.99. The Labute approximate surface area is 125 Å². The molecule has 0 saturated carbocycles. The molecule has 21 heavy (non-hydrogen) atoms. The lowest BCUT2D eigenvalue weighted by Crippen LogP contribution is -2.36. The van der Waals surface area contributed by atoms with Crippen LogP contribution in [0.1, 0.15) is 6.42 Å². The van der Waals surface area contributed by atoms with Gasteiger partial charge in [0.2, 0.25) is 12.3 Å². The van der Waals surface area contributed by atoms with E-state index < -0.39 is 17.8 Å². The maximum absolute atomic E-state index is 13.3. The summed E-state index contributed by atoms with van der Waals surface area (Å²) < 4.78 is 13.3. The van der Waals surface area contributed by atoms with E-state index in [-0.39, 0.29) is 23.8 Å². The summed E-state index contributed by atoms with van der Waals surface area (Å²) in [5.74, 6) is -1.57. The van der Waals surface area contributed by atoms with Crippen molar-refractivity contribution >= 4 is 35.7 Å². The van der Waals surface area contributed by atoms with Crippen LogP contribution in [0.5, 0.6) is 0 Å². The number of carboxylic acid groups (broad SMARTS) is 1. The second-order valence-corrected chi connectivity index (χ2v) is 5.15. The van der Waals surface area contributed by atoms with Crippen LogP contribution in [0.4, 0.5) is 10.1 Å². The highest BCUT2D eigenvalue weighted by Crippen LogP contribution is 2.13. The van der Waals surface area contributed by atoms with Crippen molar-refractivity contribution in [1.82, 2.24) is 5.32 Å². The number of thioether (sulfide) groups is 1. The predicted octanol–water partition coefficient (Wildman–Crippen LogP) is 1.09. The molecular weight excluding hydrogens is 299 g/mol. The number of aliphatic carboxylic acids is 1. The van der Waals surface area contributed by atoms with Crippen molar-refractivity contribution in [3.05, 3.63) is 30.1 Å². The number of anilines is 1. The fourth-order valence-electron chi connectivity index (χ4n) is 1.48. The van der Waals surface area contributed by atoms with Crippen LogP contribution in [0, 0.1) is 5.82 Å². The summed E-state index contributed by atoms with van der Waals surface area (Å²) in [4.78, 5) is 32.5. The average Bonchev–Trinajstić information content (AvgIpc) is 2.44. The zero-order chi connectivity index (χ0) is 15.7. The summed E-state index contributed by atoms with van der Waals surface area (Å²) in [7, 11) is 0. The molecule has 0 bridgehead atoms. The van der Waals surface area contributed by atoms with Gasteiger partial charge in [-0.25, -0.2) is 9.18 Å². The number of halogens is 1. The van der Waals surface area contributed by atoms with Crippen LogP contribution in [-0.4, -0.2) is 40.9 Å². The van der Waals surface area contributed by atoms with Crippen molar-refractivity contribution in [2.45, 2.75) is 12.5 Å². The van der Waals surface area contributed by atoms with Crippen LogP contribution in [0.2, 0.25) is 0 Å². The third-order valence-corrected chi connectivity index (χ3v) is 3.49. The van der Waals surface area contributed by atoms with Gasteiger partial charge in [-0.05, 0) is 24.3 Å². The molecule has 0 fully saturated rings. The number of carboxylic acids is 1. The molecule has 1 unspecified atom stereocenters. The molecule has 8 heteroatoms. The van der Waals surface area contributed by atoms with Gasteiger partial charge in [0.15, 0.2) is 0 Å². The number of hydrogen-bond acceptors (Lipinski definition) is 4. The van der Waals surface area contributed by atoms with Crippen LogP contribution >= 0.6 is 11.8 Å². The highest BCUT2D eigenvalue weighted by atomic mass is 32.2. The topological polar surface area (TPSA) is 95.5 Å². The van der Waals surface area contributed by atoms with E-state index in [0.29, 0.717) is 12.2 Å².